The number of nitrogens with zero attached hydrogens (tertiary/aromatic N) is 2. The molecule has 23 heavy (non-hydrogen) atoms. The van der Waals surface area contributed by atoms with Crippen LogP contribution >= 0.6 is 24.7 Å². The van der Waals surface area contributed by atoms with Gasteiger partial charge in [0, 0.05) is 25.4 Å². The molecule has 134 valence electrons. The van der Waals surface area contributed by atoms with Gasteiger partial charge in [-0.25, -0.2) is 5.43 Å². The quantitative estimate of drug-likeness (QED) is 0.158. The molecule has 2 N–H and O–H groups in total. The Morgan fingerprint density at radius 2 is 1.96 bits per heavy atom. The molecule has 8 heteroatoms. The average Bonchev–Trinajstić information content (AvgIpc) is 2.57. The number of rotatable bonds is 13. The smallest absolute Gasteiger partial charge is 0.179 e. The second-order valence-corrected chi connectivity index (χ2v) is 6.60. The Labute approximate surface area is 148 Å². The molecule has 2 unspecified atom stereocenters. The summed E-state index contributed by atoms with van der Waals surface area (Å²) >= 11 is -0.416. The van der Waals surface area contributed by atoms with E-state index in [1.54, 1.807) is 19.2 Å². The molecular weight excluding hydrogens is 338 g/mol. The van der Waals surface area contributed by atoms with Crippen LogP contribution in [0.1, 0.15) is 40.0 Å². The molecule has 0 radical (unpaired) electrons. The fraction of sp³-hybridized carbons (Fsp3) is 0.667. The van der Waals surface area contributed by atoms with Crippen molar-refractivity contribution in [2.45, 2.75) is 40.0 Å². The summed E-state index contributed by atoms with van der Waals surface area (Å²) in [6.07, 6.45) is 6.53. The van der Waals surface area contributed by atoms with E-state index in [-0.39, 0.29) is 36.4 Å². The maximum Gasteiger partial charge on any atom is 0.179 e. The van der Waals surface area contributed by atoms with Crippen LogP contribution in [0.5, 0.6) is 0 Å². The van der Waals surface area contributed by atoms with E-state index in [9.17, 15) is 7.77 Å². The van der Waals surface area contributed by atoms with Crippen LogP contribution in [-0.2, 0) is 0 Å². The van der Waals surface area contributed by atoms with Crippen molar-refractivity contribution in [3.63, 3.8) is 0 Å². The largest absolute Gasteiger partial charge is 0.306 e. The molecule has 0 saturated carbocycles. The van der Waals surface area contributed by atoms with Gasteiger partial charge in [0.15, 0.2) is 24.7 Å². The van der Waals surface area contributed by atoms with Gasteiger partial charge < -0.3 is 5.43 Å². The highest BCUT2D eigenvalue weighted by atomic mass is 32.3. The first-order valence-electron chi connectivity index (χ1n) is 7.69. The minimum absolute atomic E-state index is 0.208. The predicted octanol–water partition coefficient (Wildman–Crippen LogP) is 5.01. The van der Waals surface area contributed by atoms with E-state index in [0.717, 1.165) is 28.7 Å². The zero-order valence-electron chi connectivity index (χ0n) is 14.3. The number of nitrogens with one attached hydrogen (secondary N) is 2. The number of hydrazine groups is 1. The minimum Gasteiger partial charge on any atom is -0.306 e. The lowest BCUT2D eigenvalue weighted by Gasteiger charge is -2.20. The van der Waals surface area contributed by atoms with E-state index in [4.69, 9.17) is 0 Å². The second-order valence-electron chi connectivity index (χ2n) is 5.36. The molecule has 0 amide bonds. The summed E-state index contributed by atoms with van der Waals surface area (Å²) < 4.78 is 26.6. The van der Waals surface area contributed by atoms with Crippen LogP contribution in [0.2, 0.25) is 0 Å². The van der Waals surface area contributed by atoms with E-state index < -0.39 is 0 Å². The van der Waals surface area contributed by atoms with Gasteiger partial charge >= 0.3 is 0 Å². The molecule has 0 bridgehead atoms. The number of allylic oxidation sites excluding steroid dienone is 1. The third-order valence-corrected chi connectivity index (χ3v) is 4.60. The monoisotopic (exact) mass is 366 g/mol. The Balaban J connectivity index is 5.01. The molecule has 0 aromatic heterocycles. The first-order chi connectivity index (χ1) is 11.0. The van der Waals surface area contributed by atoms with Gasteiger partial charge in [0.05, 0.1) is 0 Å². The molecule has 0 rings (SSSR count). The van der Waals surface area contributed by atoms with Crippen molar-refractivity contribution in [1.82, 2.24) is 14.6 Å². The van der Waals surface area contributed by atoms with Crippen molar-refractivity contribution in [3.05, 3.63) is 24.6 Å². The number of aliphatic imine (C=N–C) groups is 1. The molecule has 2 atom stereocenters. The van der Waals surface area contributed by atoms with Crippen molar-refractivity contribution in [2.75, 3.05) is 13.6 Å². The second kappa shape index (κ2) is 13.7. The summed E-state index contributed by atoms with van der Waals surface area (Å²) in [6.45, 7) is 10.5. The molecule has 0 aromatic carbocycles. The van der Waals surface area contributed by atoms with E-state index in [2.05, 4.69) is 43.2 Å². The fourth-order valence-electron chi connectivity index (χ4n) is 1.89. The summed E-state index contributed by atoms with van der Waals surface area (Å²) in [5.74, 6) is 1.12. The van der Waals surface area contributed by atoms with Gasteiger partial charge in [0.1, 0.15) is 5.82 Å². The molecule has 0 aromatic rings. The molecular formula is C15H28F2N4S2. The first-order valence-corrected chi connectivity index (χ1v) is 9.04. The highest BCUT2D eigenvalue weighted by molar-refractivity contribution is 8.07. The molecule has 0 fully saturated rings. The molecule has 0 spiro atoms. The van der Waals surface area contributed by atoms with Crippen LogP contribution in [-0.4, -0.2) is 23.0 Å². The minimum atomic E-state index is -0.208. The normalized spacial score (nSPS) is 15.2. The summed E-state index contributed by atoms with van der Waals surface area (Å²) in [6, 6.07) is 0. The molecule has 0 heterocycles. The maximum absolute atomic E-state index is 12.9. The summed E-state index contributed by atoms with van der Waals surface area (Å²) in [5.41, 5.74) is 6.40. The fourth-order valence-corrected chi connectivity index (χ4v) is 2.32. The zero-order chi connectivity index (χ0) is 17.7. The Bertz CT molecular complexity index is 388. The van der Waals surface area contributed by atoms with Gasteiger partial charge in [-0.15, -0.1) is 14.4 Å². The van der Waals surface area contributed by atoms with Crippen LogP contribution in [0.3, 0.4) is 0 Å². The van der Waals surface area contributed by atoms with Gasteiger partial charge in [-0.1, -0.05) is 39.7 Å². The van der Waals surface area contributed by atoms with Gasteiger partial charge in [-0.3, -0.25) is 4.99 Å². The molecule has 0 saturated heterocycles. The topological polar surface area (TPSA) is 39.7 Å². The lowest BCUT2D eigenvalue weighted by atomic mass is 9.93. The SMILES string of the molecule is C=CCNN/C(=C\C(=NC)C(C)CCC(C)CC)N(SF)SF. The van der Waals surface area contributed by atoms with Gasteiger partial charge in [-0.2, -0.15) is 3.71 Å². The van der Waals surface area contributed by atoms with E-state index >= 15 is 0 Å². The van der Waals surface area contributed by atoms with Crippen LogP contribution in [0.25, 0.3) is 0 Å². The van der Waals surface area contributed by atoms with E-state index in [1.807, 2.05) is 0 Å². The Kier molecular flexibility index (Phi) is 13.3. The number of hydrogen-bond acceptors (Lipinski definition) is 6. The van der Waals surface area contributed by atoms with Crippen LogP contribution in [0.4, 0.5) is 7.77 Å². The summed E-state index contributed by atoms with van der Waals surface area (Å²) in [5, 5.41) is 0. The van der Waals surface area contributed by atoms with Crippen molar-refractivity contribution >= 4 is 30.4 Å². The van der Waals surface area contributed by atoms with E-state index in [1.165, 1.54) is 0 Å². The average molecular weight is 367 g/mol. The summed E-state index contributed by atoms with van der Waals surface area (Å²) in [7, 11) is 1.69. The van der Waals surface area contributed by atoms with Gasteiger partial charge in [-0.05, 0) is 18.3 Å². The number of hydrogen-bond donors (Lipinski definition) is 2. The lowest BCUT2D eigenvalue weighted by molar-refractivity contribution is 0.468. The van der Waals surface area contributed by atoms with Crippen molar-refractivity contribution < 1.29 is 7.77 Å². The molecule has 0 aliphatic rings. The predicted molar refractivity (Wildman–Crippen MR) is 99.9 cm³/mol. The molecule has 4 nitrogen and oxygen atoms in total. The zero-order valence-corrected chi connectivity index (χ0v) is 15.9. The lowest BCUT2D eigenvalue weighted by Crippen LogP contribution is -2.35. The van der Waals surface area contributed by atoms with Crippen molar-refractivity contribution in [1.29, 1.82) is 0 Å². The first kappa shape index (κ1) is 22.3. The van der Waals surface area contributed by atoms with Crippen LogP contribution in [0, 0.1) is 11.8 Å². The Morgan fingerprint density at radius 1 is 1.30 bits per heavy atom. The highest BCUT2D eigenvalue weighted by Gasteiger charge is 2.16. The molecule has 0 aliphatic heterocycles. The Morgan fingerprint density at radius 3 is 2.43 bits per heavy atom. The van der Waals surface area contributed by atoms with Crippen LogP contribution < -0.4 is 10.9 Å². The summed E-state index contributed by atoms with van der Waals surface area (Å²) in [4.78, 5) is 4.27. The van der Waals surface area contributed by atoms with Crippen molar-refractivity contribution in [3.8, 4) is 0 Å². The maximum atomic E-state index is 12.9. The highest BCUT2D eigenvalue weighted by Crippen LogP contribution is 2.28. The van der Waals surface area contributed by atoms with Crippen molar-refractivity contribution in [2.24, 2.45) is 16.8 Å². The van der Waals surface area contributed by atoms with Gasteiger partial charge in [0.25, 0.3) is 0 Å². The third-order valence-electron chi connectivity index (χ3n) is 3.62. The Hall–Kier alpha value is -0.730. The molecule has 0 aliphatic carbocycles. The number of halogens is 2. The van der Waals surface area contributed by atoms with E-state index in [0.29, 0.717) is 12.5 Å². The van der Waals surface area contributed by atoms with Crippen LogP contribution in [0.15, 0.2) is 29.5 Å². The standard InChI is InChI=1S/C15H28F2N4S2/c1-6-10-19-20-15(21(22-16)23-17)11-14(18-5)13(4)9-8-12(3)7-2/h6,11-13,19-20H,1,7-10H2,2-5H3/b15-11+,18-14?. The van der Waals surface area contributed by atoms with Gasteiger partial charge in [0.2, 0.25) is 0 Å². The third kappa shape index (κ3) is 9.22.